The van der Waals surface area contributed by atoms with E-state index < -0.39 is 11.7 Å². The van der Waals surface area contributed by atoms with Gasteiger partial charge in [0.05, 0.1) is 5.56 Å². The van der Waals surface area contributed by atoms with Crippen LogP contribution in [0.3, 0.4) is 0 Å². The Bertz CT molecular complexity index is 629. The van der Waals surface area contributed by atoms with Crippen molar-refractivity contribution in [2.24, 2.45) is 5.73 Å². The zero-order valence-electron chi connectivity index (χ0n) is 11.0. The monoisotopic (exact) mass is 315 g/mol. The van der Waals surface area contributed by atoms with Gasteiger partial charge in [0.2, 0.25) is 0 Å². The molecule has 0 aliphatic heterocycles. The fraction of sp³-hybridized carbons (Fsp3) is 0.200. The van der Waals surface area contributed by atoms with E-state index in [-0.39, 0.29) is 11.5 Å². The van der Waals surface area contributed by atoms with Crippen LogP contribution in [0.2, 0.25) is 5.02 Å². The van der Waals surface area contributed by atoms with Gasteiger partial charge in [-0.15, -0.1) is 0 Å². The molecule has 0 bridgehead atoms. The lowest BCUT2D eigenvalue weighted by atomic mass is 10.1. The van der Waals surface area contributed by atoms with Crippen molar-refractivity contribution in [2.75, 3.05) is 6.54 Å². The molecule has 0 atom stereocenters. The van der Waals surface area contributed by atoms with E-state index in [0.29, 0.717) is 18.0 Å². The van der Waals surface area contributed by atoms with Crippen molar-refractivity contribution in [1.82, 2.24) is 0 Å². The Kier molecular flexibility index (Phi) is 4.75. The number of halogens is 4. The van der Waals surface area contributed by atoms with Crippen molar-refractivity contribution in [3.63, 3.8) is 0 Å². The van der Waals surface area contributed by atoms with Crippen LogP contribution in [0.1, 0.15) is 11.1 Å². The zero-order chi connectivity index (χ0) is 15.5. The van der Waals surface area contributed by atoms with E-state index in [2.05, 4.69) is 0 Å². The molecule has 0 unspecified atom stereocenters. The van der Waals surface area contributed by atoms with Crippen molar-refractivity contribution in [3.8, 4) is 11.5 Å². The van der Waals surface area contributed by atoms with Gasteiger partial charge in [-0.1, -0.05) is 29.8 Å². The van der Waals surface area contributed by atoms with Crippen LogP contribution in [-0.4, -0.2) is 6.54 Å². The van der Waals surface area contributed by atoms with Crippen LogP contribution in [0.25, 0.3) is 0 Å². The van der Waals surface area contributed by atoms with Crippen LogP contribution in [0.5, 0.6) is 11.5 Å². The number of benzene rings is 2. The first kappa shape index (κ1) is 15.7. The van der Waals surface area contributed by atoms with Crippen LogP contribution in [-0.2, 0) is 12.6 Å². The maximum Gasteiger partial charge on any atom is 0.419 e. The molecule has 0 heterocycles. The number of nitrogens with two attached hydrogens (primary N) is 1. The molecule has 2 rings (SSSR count). The second-order valence-electron chi connectivity index (χ2n) is 4.39. The molecule has 0 aromatic heterocycles. The number of hydrogen-bond acceptors (Lipinski definition) is 2. The minimum Gasteiger partial charge on any atom is -0.457 e. The summed E-state index contributed by atoms with van der Waals surface area (Å²) < 4.78 is 43.9. The lowest BCUT2D eigenvalue weighted by Gasteiger charge is -2.14. The molecule has 0 aliphatic carbocycles. The first-order chi connectivity index (χ1) is 9.91. The highest BCUT2D eigenvalue weighted by atomic mass is 35.5. The third-order valence-corrected chi connectivity index (χ3v) is 3.21. The molecule has 0 fully saturated rings. The Hall–Kier alpha value is -1.72. The van der Waals surface area contributed by atoms with E-state index in [1.54, 1.807) is 12.1 Å². The number of rotatable bonds is 4. The predicted molar refractivity (Wildman–Crippen MR) is 75.7 cm³/mol. The van der Waals surface area contributed by atoms with Gasteiger partial charge in [-0.25, -0.2) is 0 Å². The van der Waals surface area contributed by atoms with Gasteiger partial charge in [-0.3, -0.25) is 0 Å². The van der Waals surface area contributed by atoms with Crippen LogP contribution in [0.15, 0.2) is 42.5 Å². The second-order valence-corrected chi connectivity index (χ2v) is 4.80. The summed E-state index contributed by atoms with van der Waals surface area (Å²) in [7, 11) is 0. The molecule has 21 heavy (non-hydrogen) atoms. The fourth-order valence-corrected chi connectivity index (χ4v) is 2.13. The van der Waals surface area contributed by atoms with E-state index in [9.17, 15) is 13.2 Å². The summed E-state index contributed by atoms with van der Waals surface area (Å²) in [6.07, 6.45) is -3.88. The molecule has 2 aromatic rings. The second kappa shape index (κ2) is 6.37. The third kappa shape index (κ3) is 3.89. The van der Waals surface area contributed by atoms with Crippen molar-refractivity contribution >= 4 is 11.6 Å². The summed E-state index contributed by atoms with van der Waals surface area (Å²) in [4.78, 5) is 0. The maximum absolute atomic E-state index is 12.9. The standard InChI is InChI=1S/C15H13ClF3NO/c16-13-9-11(6-5-10(13)7-8-20)21-14-4-2-1-3-12(14)15(17,18)19/h1-6,9H,7-8,20H2. The highest BCUT2D eigenvalue weighted by molar-refractivity contribution is 6.31. The molecular formula is C15H13ClF3NO. The summed E-state index contributed by atoms with van der Waals surface area (Å²) in [5.41, 5.74) is 5.45. The Morgan fingerprint density at radius 3 is 2.43 bits per heavy atom. The number of para-hydroxylation sites is 1. The SMILES string of the molecule is NCCc1ccc(Oc2ccccc2C(F)(F)F)cc1Cl. The van der Waals surface area contributed by atoms with Crippen molar-refractivity contribution < 1.29 is 17.9 Å². The minimum absolute atomic E-state index is 0.248. The molecule has 112 valence electrons. The van der Waals surface area contributed by atoms with E-state index in [1.165, 1.54) is 24.3 Å². The van der Waals surface area contributed by atoms with Gasteiger partial charge < -0.3 is 10.5 Å². The highest BCUT2D eigenvalue weighted by Gasteiger charge is 2.34. The van der Waals surface area contributed by atoms with Crippen molar-refractivity contribution in [1.29, 1.82) is 0 Å². The lowest BCUT2D eigenvalue weighted by Crippen LogP contribution is -2.07. The van der Waals surface area contributed by atoms with Crippen LogP contribution >= 0.6 is 11.6 Å². The van der Waals surface area contributed by atoms with E-state index in [4.69, 9.17) is 22.1 Å². The van der Waals surface area contributed by atoms with Gasteiger partial charge in [-0.2, -0.15) is 13.2 Å². The number of ether oxygens (including phenoxy) is 1. The van der Waals surface area contributed by atoms with Crippen molar-refractivity contribution in [2.45, 2.75) is 12.6 Å². The highest BCUT2D eigenvalue weighted by Crippen LogP contribution is 2.38. The van der Waals surface area contributed by atoms with E-state index in [0.717, 1.165) is 11.6 Å². The molecule has 2 N–H and O–H groups in total. The average Bonchev–Trinajstić information content (AvgIpc) is 2.41. The molecule has 0 saturated carbocycles. The first-order valence-corrected chi connectivity index (χ1v) is 6.62. The topological polar surface area (TPSA) is 35.2 Å². The molecule has 0 aliphatic rings. The maximum atomic E-state index is 12.9. The molecule has 2 aromatic carbocycles. The summed E-state index contributed by atoms with van der Waals surface area (Å²) in [6.45, 7) is 0.441. The summed E-state index contributed by atoms with van der Waals surface area (Å²) in [5, 5.41) is 0.419. The van der Waals surface area contributed by atoms with Gasteiger partial charge >= 0.3 is 6.18 Å². The Balaban J connectivity index is 2.29. The Morgan fingerprint density at radius 1 is 1.10 bits per heavy atom. The molecule has 2 nitrogen and oxygen atoms in total. The van der Waals surface area contributed by atoms with Gasteiger partial charge in [0.1, 0.15) is 11.5 Å². The molecule has 0 radical (unpaired) electrons. The lowest BCUT2D eigenvalue weighted by molar-refractivity contribution is -0.138. The van der Waals surface area contributed by atoms with Crippen LogP contribution in [0.4, 0.5) is 13.2 Å². The van der Waals surface area contributed by atoms with E-state index >= 15 is 0 Å². The summed E-state index contributed by atoms with van der Waals surface area (Å²) in [6, 6.07) is 9.79. The average molecular weight is 316 g/mol. The van der Waals surface area contributed by atoms with Gasteiger partial charge in [0, 0.05) is 5.02 Å². The fourth-order valence-electron chi connectivity index (χ4n) is 1.87. The molecule has 0 spiro atoms. The Labute approximate surface area is 125 Å². The largest absolute Gasteiger partial charge is 0.457 e. The van der Waals surface area contributed by atoms with Crippen LogP contribution in [0, 0.1) is 0 Å². The summed E-state index contributed by atoms with van der Waals surface area (Å²) >= 11 is 6.05. The molecule has 0 saturated heterocycles. The zero-order valence-corrected chi connectivity index (χ0v) is 11.7. The number of alkyl halides is 3. The molecule has 0 amide bonds. The normalized spacial score (nSPS) is 11.5. The Morgan fingerprint density at radius 2 is 1.81 bits per heavy atom. The van der Waals surface area contributed by atoms with E-state index in [1.807, 2.05) is 0 Å². The predicted octanol–water partition coefficient (Wildman–Crippen LogP) is 4.65. The smallest absolute Gasteiger partial charge is 0.419 e. The molecule has 6 heteroatoms. The van der Waals surface area contributed by atoms with Gasteiger partial charge in [-0.05, 0) is 42.8 Å². The van der Waals surface area contributed by atoms with Crippen molar-refractivity contribution in [3.05, 3.63) is 58.6 Å². The number of hydrogen-bond donors (Lipinski definition) is 1. The molecular weight excluding hydrogens is 303 g/mol. The minimum atomic E-state index is -4.47. The van der Waals surface area contributed by atoms with Gasteiger partial charge in [0.15, 0.2) is 0 Å². The summed E-state index contributed by atoms with van der Waals surface area (Å²) in [5.74, 6) is -0.00915. The first-order valence-electron chi connectivity index (χ1n) is 6.24. The quantitative estimate of drug-likeness (QED) is 0.891. The van der Waals surface area contributed by atoms with Gasteiger partial charge in [0.25, 0.3) is 0 Å². The van der Waals surface area contributed by atoms with Crippen LogP contribution < -0.4 is 10.5 Å². The third-order valence-electron chi connectivity index (χ3n) is 2.86.